The van der Waals surface area contributed by atoms with Crippen molar-refractivity contribution in [1.29, 1.82) is 0 Å². The summed E-state index contributed by atoms with van der Waals surface area (Å²) in [5, 5.41) is 41.8. The maximum absolute atomic E-state index is 10.4. The Balaban J connectivity index is 1.60. The van der Waals surface area contributed by atoms with Gasteiger partial charge in [-0.25, -0.2) is 0 Å². The molecule has 0 bridgehead atoms. The number of hydrogen-bond donors (Lipinski definition) is 4. The number of benzene rings is 3. The largest absolute Gasteiger partial charge is 0.477 e. The normalized spacial score (nSPS) is 26.6. The van der Waals surface area contributed by atoms with E-state index < -0.39 is 29.0 Å². The molecule has 158 valence electrons. The van der Waals surface area contributed by atoms with E-state index in [1.54, 1.807) is 0 Å². The average Bonchev–Trinajstić information content (AvgIpc) is 2.75. The summed E-state index contributed by atoms with van der Waals surface area (Å²) in [6.45, 7) is 1.70. The SMILES string of the molecule is Cc1ccc(O[C@@H]2S[C@H](CO)[C@@H](O)[C@H](O)[C@H]2O)c(Cc2ccc3ccccc3c2)c1. The third kappa shape index (κ3) is 4.33. The molecular formula is C24H26O5S. The van der Waals surface area contributed by atoms with Gasteiger partial charge >= 0.3 is 0 Å². The van der Waals surface area contributed by atoms with Crippen LogP contribution in [0.5, 0.6) is 5.75 Å². The number of aliphatic hydroxyl groups is 4. The Kier molecular flexibility index (Phi) is 6.32. The van der Waals surface area contributed by atoms with Crippen molar-refractivity contribution in [3.8, 4) is 5.75 Å². The van der Waals surface area contributed by atoms with Gasteiger partial charge in [0.1, 0.15) is 18.0 Å². The third-order valence-corrected chi connectivity index (χ3v) is 6.94. The smallest absolute Gasteiger partial charge is 0.173 e. The lowest BCUT2D eigenvalue weighted by Crippen LogP contribution is -2.55. The molecule has 3 aromatic rings. The molecule has 1 heterocycles. The van der Waals surface area contributed by atoms with Gasteiger partial charge in [-0.1, -0.05) is 60.2 Å². The molecule has 4 N–H and O–H groups in total. The minimum absolute atomic E-state index is 0.312. The van der Waals surface area contributed by atoms with Gasteiger partial charge in [0.25, 0.3) is 0 Å². The van der Waals surface area contributed by atoms with Crippen LogP contribution in [-0.2, 0) is 6.42 Å². The zero-order valence-electron chi connectivity index (χ0n) is 16.7. The number of fused-ring (bicyclic) bond motifs is 1. The second-order valence-corrected chi connectivity index (χ2v) is 9.13. The van der Waals surface area contributed by atoms with Crippen molar-refractivity contribution in [3.63, 3.8) is 0 Å². The minimum Gasteiger partial charge on any atom is -0.477 e. The summed E-state index contributed by atoms with van der Waals surface area (Å²) in [7, 11) is 0. The predicted molar refractivity (Wildman–Crippen MR) is 119 cm³/mol. The Morgan fingerprint density at radius 1 is 0.867 bits per heavy atom. The van der Waals surface area contributed by atoms with Gasteiger partial charge in [-0.2, -0.15) is 0 Å². The maximum atomic E-state index is 10.4. The number of rotatable bonds is 5. The van der Waals surface area contributed by atoms with Gasteiger partial charge in [-0.3, -0.25) is 0 Å². The van der Waals surface area contributed by atoms with Crippen LogP contribution in [0.2, 0.25) is 0 Å². The fraction of sp³-hybridized carbons (Fsp3) is 0.333. The first-order valence-corrected chi connectivity index (χ1v) is 10.9. The number of ether oxygens (including phenoxy) is 1. The lowest BCUT2D eigenvalue weighted by atomic mass is 9.99. The molecular weight excluding hydrogens is 400 g/mol. The number of hydrogen-bond acceptors (Lipinski definition) is 6. The van der Waals surface area contributed by atoms with Crippen molar-refractivity contribution in [3.05, 3.63) is 77.4 Å². The maximum Gasteiger partial charge on any atom is 0.173 e. The van der Waals surface area contributed by atoms with Gasteiger partial charge in [0.15, 0.2) is 5.44 Å². The van der Waals surface area contributed by atoms with E-state index in [0.29, 0.717) is 12.2 Å². The van der Waals surface area contributed by atoms with Crippen molar-refractivity contribution >= 4 is 22.5 Å². The molecule has 1 saturated heterocycles. The lowest BCUT2D eigenvalue weighted by Gasteiger charge is -2.39. The second-order valence-electron chi connectivity index (χ2n) is 7.78. The molecule has 5 nitrogen and oxygen atoms in total. The van der Waals surface area contributed by atoms with Gasteiger partial charge in [0, 0.05) is 6.42 Å². The zero-order chi connectivity index (χ0) is 21.3. The molecule has 0 saturated carbocycles. The molecule has 30 heavy (non-hydrogen) atoms. The molecule has 0 radical (unpaired) electrons. The van der Waals surface area contributed by atoms with E-state index in [1.807, 2.05) is 31.2 Å². The van der Waals surface area contributed by atoms with Crippen LogP contribution in [0.3, 0.4) is 0 Å². The van der Waals surface area contributed by atoms with E-state index in [1.165, 1.54) is 10.8 Å². The molecule has 4 rings (SSSR count). The number of aryl methyl sites for hydroxylation is 1. The second kappa shape index (κ2) is 8.96. The molecule has 1 fully saturated rings. The predicted octanol–water partition coefficient (Wildman–Crippen LogP) is 2.63. The van der Waals surface area contributed by atoms with Crippen LogP contribution in [0.15, 0.2) is 60.7 Å². The quantitative estimate of drug-likeness (QED) is 0.502. The van der Waals surface area contributed by atoms with Crippen LogP contribution in [0, 0.1) is 6.92 Å². The van der Waals surface area contributed by atoms with Crippen LogP contribution in [0.1, 0.15) is 16.7 Å². The Morgan fingerprint density at radius 2 is 1.63 bits per heavy atom. The number of aliphatic hydroxyl groups excluding tert-OH is 4. The van der Waals surface area contributed by atoms with Gasteiger partial charge in [-0.05, 0) is 34.9 Å². The van der Waals surface area contributed by atoms with E-state index in [2.05, 4.69) is 36.4 Å². The summed E-state index contributed by atoms with van der Waals surface area (Å²) in [5.74, 6) is 0.616. The summed E-state index contributed by atoms with van der Waals surface area (Å²) in [5.41, 5.74) is 2.42. The molecule has 1 aliphatic rings. The van der Waals surface area contributed by atoms with Gasteiger partial charge < -0.3 is 25.2 Å². The first-order chi connectivity index (χ1) is 14.5. The topological polar surface area (TPSA) is 90.2 Å². The van der Waals surface area contributed by atoms with Gasteiger partial charge in [-0.15, -0.1) is 11.8 Å². The first-order valence-electron chi connectivity index (χ1n) is 10.0. The van der Waals surface area contributed by atoms with E-state index in [-0.39, 0.29) is 6.61 Å². The molecule has 0 amide bonds. The molecule has 0 unspecified atom stereocenters. The lowest BCUT2D eigenvalue weighted by molar-refractivity contribution is -0.0910. The zero-order valence-corrected chi connectivity index (χ0v) is 17.5. The summed E-state index contributed by atoms with van der Waals surface area (Å²) >= 11 is 1.14. The van der Waals surface area contributed by atoms with Crippen molar-refractivity contribution in [2.75, 3.05) is 6.61 Å². The summed E-state index contributed by atoms with van der Waals surface area (Å²) in [4.78, 5) is 0. The van der Waals surface area contributed by atoms with E-state index in [0.717, 1.165) is 28.5 Å². The van der Waals surface area contributed by atoms with Crippen molar-refractivity contribution in [1.82, 2.24) is 0 Å². The third-order valence-electron chi connectivity index (χ3n) is 5.52. The monoisotopic (exact) mass is 426 g/mol. The van der Waals surface area contributed by atoms with Crippen LogP contribution in [0.25, 0.3) is 10.8 Å². The highest BCUT2D eigenvalue weighted by Crippen LogP contribution is 2.36. The summed E-state index contributed by atoms with van der Waals surface area (Å²) in [6, 6.07) is 20.4. The molecule has 3 aromatic carbocycles. The Bertz CT molecular complexity index is 1020. The van der Waals surface area contributed by atoms with Crippen LogP contribution in [0.4, 0.5) is 0 Å². The highest BCUT2D eigenvalue weighted by atomic mass is 32.2. The van der Waals surface area contributed by atoms with Crippen LogP contribution < -0.4 is 4.74 Å². The molecule has 6 heteroatoms. The molecule has 1 aliphatic heterocycles. The molecule has 0 aliphatic carbocycles. The fourth-order valence-electron chi connectivity index (χ4n) is 3.82. The van der Waals surface area contributed by atoms with Crippen molar-refractivity contribution in [2.45, 2.75) is 42.3 Å². The minimum atomic E-state index is -1.37. The van der Waals surface area contributed by atoms with E-state index in [9.17, 15) is 20.4 Å². The highest BCUT2D eigenvalue weighted by molar-refractivity contribution is 8.00. The Labute approximate surface area is 179 Å². The molecule has 0 spiro atoms. The Hall–Kier alpha value is -2.09. The summed E-state index contributed by atoms with van der Waals surface area (Å²) in [6.07, 6.45) is -3.18. The number of thioether (sulfide) groups is 1. The standard InChI is InChI=1S/C24H26O5S/c1-14-6-9-19(29-24-23(28)22(27)21(26)20(13-25)30-24)18(10-14)12-15-7-8-16-4-2-3-5-17(16)11-15/h2-11,20-28H,12-13H2,1H3/t20-,21-,22+,23-,24-/m1/s1. The van der Waals surface area contributed by atoms with E-state index in [4.69, 9.17) is 4.74 Å². The highest BCUT2D eigenvalue weighted by Gasteiger charge is 2.44. The fourth-order valence-corrected chi connectivity index (χ4v) is 5.05. The van der Waals surface area contributed by atoms with Gasteiger partial charge in [0.05, 0.1) is 18.0 Å². The van der Waals surface area contributed by atoms with Crippen LogP contribution in [-0.4, -0.2) is 56.0 Å². The van der Waals surface area contributed by atoms with Crippen molar-refractivity contribution < 1.29 is 25.2 Å². The molecule has 5 atom stereocenters. The van der Waals surface area contributed by atoms with Gasteiger partial charge in [0.2, 0.25) is 0 Å². The van der Waals surface area contributed by atoms with Crippen molar-refractivity contribution in [2.24, 2.45) is 0 Å². The van der Waals surface area contributed by atoms with Crippen LogP contribution >= 0.6 is 11.8 Å². The molecule has 0 aromatic heterocycles. The Morgan fingerprint density at radius 3 is 2.40 bits per heavy atom. The first kappa shape index (κ1) is 21.2. The van der Waals surface area contributed by atoms with E-state index >= 15 is 0 Å². The average molecular weight is 427 g/mol. The summed E-state index contributed by atoms with van der Waals surface area (Å²) < 4.78 is 6.09.